The molecule has 0 amide bonds. The van der Waals surface area contributed by atoms with Crippen molar-refractivity contribution in [3.63, 3.8) is 0 Å². The molecule has 0 saturated heterocycles. The summed E-state index contributed by atoms with van der Waals surface area (Å²) in [6, 6.07) is 0. The summed E-state index contributed by atoms with van der Waals surface area (Å²) in [6.07, 6.45) is 6.76. The molecule has 2 atom stereocenters. The van der Waals surface area contributed by atoms with Crippen molar-refractivity contribution in [3.05, 3.63) is 23.8 Å². The van der Waals surface area contributed by atoms with Crippen LogP contribution in [0.3, 0.4) is 0 Å². The fraction of sp³-hybridized carbons (Fsp3) is 0.667. The van der Waals surface area contributed by atoms with Gasteiger partial charge in [0.2, 0.25) is 0 Å². The molecule has 0 aromatic rings. The van der Waals surface area contributed by atoms with Gasteiger partial charge < -0.3 is 5.11 Å². The van der Waals surface area contributed by atoms with Gasteiger partial charge in [0, 0.05) is 18.3 Å². The van der Waals surface area contributed by atoms with Gasteiger partial charge in [-0.2, -0.15) is 0 Å². The van der Waals surface area contributed by atoms with Gasteiger partial charge in [-0.05, 0) is 19.8 Å². The zero-order valence-corrected chi connectivity index (χ0v) is 11.6. The van der Waals surface area contributed by atoms with Crippen LogP contribution in [0.15, 0.2) is 23.8 Å². The normalized spacial score (nSPS) is 34.4. The van der Waals surface area contributed by atoms with Gasteiger partial charge in [0.15, 0.2) is 0 Å². The first-order chi connectivity index (χ1) is 7.73. The van der Waals surface area contributed by atoms with Crippen molar-refractivity contribution >= 4 is 5.78 Å². The van der Waals surface area contributed by atoms with Crippen molar-refractivity contribution in [1.82, 2.24) is 0 Å². The molecule has 0 heterocycles. The smallest absolute Gasteiger partial charge is 0.133 e. The summed E-state index contributed by atoms with van der Waals surface area (Å²) in [4.78, 5) is 11.6. The fourth-order valence-electron chi connectivity index (χ4n) is 2.62. The zero-order valence-electron chi connectivity index (χ0n) is 11.6. The SMILES string of the molecule is C/C=C(C)\C=C\[C@@]1(O)C(C)CC(=O)CC1(C)C. The van der Waals surface area contributed by atoms with Gasteiger partial charge in [-0.1, -0.05) is 44.6 Å². The lowest BCUT2D eigenvalue weighted by molar-refractivity contribution is -0.142. The van der Waals surface area contributed by atoms with Gasteiger partial charge in [-0.15, -0.1) is 0 Å². The molecule has 17 heavy (non-hydrogen) atoms. The Morgan fingerprint density at radius 3 is 2.53 bits per heavy atom. The Labute approximate surface area is 104 Å². The molecule has 1 aliphatic rings. The van der Waals surface area contributed by atoms with Crippen LogP contribution in [0.4, 0.5) is 0 Å². The van der Waals surface area contributed by atoms with Crippen LogP contribution in [0.1, 0.15) is 47.5 Å². The Hall–Kier alpha value is -0.890. The molecule has 2 heteroatoms. The summed E-state index contributed by atoms with van der Waals surface area (Å²) in [6.45, 7) is 9.87. The Balaban J connectivity index is 3.06. The molecule has 1 saturated carbocycles. The number of hydrogen-bond donors (Lipinski definition) is 1. The highest BCUT2D eigenvalue weighted by atomic mass is 16.3. The van der Waals surface area contributed by atoms with E-state index in [2.05, 4.69) is 0 Å². The Morgan fingerprint density at radius 1 is 1.47 bits per heavy atom. The molecule has 96 valence electrons. The van der Waals surface area contributed by atoms with Gasteiger partial charge in [0.25, 0.3) is 0 Å². The third kappa shape index (κ3) is 2.68. The predicted molar refractivity (Wildman–Crippen MR) is 70.7 cm³/mol. The third-order valence-electron chi connectivity index (χ3n) is 4.06. The van der Waals surface area contributed by atoms with Crippen LogP contribution in [-0.2, 0) is 4.79 Å². The Kier molecular flexibility index (Phi) is 3.98. The van der Waals surface area contributed by atoms with E-state index in [0.29, 0.717) is 12.8 Å². The molecular weight excluding hydrogens is 212 g/mol. The number of hydrogen-bond acceptors (Lipinski definition) is 2. The van der Waals surface area contributed by atoms with Crippen molar-refractivity contribution < 1.29 is 9.90 Å². The quantitative estimate of drug-likeness (QED) is 0.747. The minimum Gasteiger partial charge on any atom is -0.385 e. The summed E-state index contributed by atoms with van der Waals surface area (Å²) in [7, 11) is 0. The van der Waals surface area contributed by atoms with E-state index in [9.17, 15) is 9.90 Å². The summed E-state index contributed by atoms with van der Waals surface area (Å²) >= 11 is 0. The number of rotatable bonds is 2. The minimum atomic E-state index is -0.898. The van der Waals surface area contributed by atoms with Crippen molar-refractivity contribution in [1.29, 1.82) is 0 Å². The van der Waals surface area contributed by atoms with E-state index in [0.717, 1.165) is 5.57 Å². The van der Waals surface area contributed by atoms with Gasteiger partial charge in [-0.25, -0.2) is 0 Å². The molecule has 0 radical (unpaired) electrons. The van der Waals surface area contributed by atoms with Gasteiger partial charge in [-0.3, -0.25) is 4.79 Å². The van der Waals surface area contributed by atoms with Gasteiger partial charge in [0.1, 0.15) is 5.78 Å². The predicted octanol–water partition coefficient (Wildman–Crippen LogP) is 3.27. The van der Waals surface area contributed by atoms with Crippen LogP contribution in [0.5, 0.6) is 0 Å². The van der Waals surface area contributed by atoms with Crippen molar-refractivity contribution in [2.24, 2.45) is 11.3 Å². The van der Waals surface area contributed by atoms with Crippen LogP contribution in [-0.4, -0.2) is 16.5 Å². The molecule has 0 spiro atoms. The highest BCUT2D eigenvalue weighted by Gasteiger charge is 2.50. The molecular formula is C15H24O2. The third-order valence-corrected chi connectivity index (χ3v) is 4.06. The number of allylic oxidation sites excluding steroid dienone is 3. The van der Waals surface area contributed by atoms with E-state index in [1.165, 1.54) is 0 Å². The van der Waals surface area contributed by atoms with E-state index >= 15 is 0 Å². The summed E-state index contributed by atoms with van der Waals surface area (Å²) in [5, 5.41) is 10.9. The molecule has 1 rings (SSSR count). The molecule has 0 bridgehead atoms. The molecule has 0 aromatic heterocycles. The highest BCUT2D eigenvalue weighted by Crippen LogP contribution is 2.46. The Morgan fingerprint density at radius 2 is 2.06 bits per heavy atom. The molecule has 1 N–H and O–H groups in total. The average molecular weight is 236 g/mol. The van der Waals surface area contributed by atoms with Crippen molar-refractivity contribution in [2.75, 3.05) is 0 Å². The Bertz CT molecular complexity index is 363. The summed E-state index contributed by atoms with van der Waals surface area (Å²) in [5.41, 5.74) is -0.171. The van der Waals surface area contributed by atoms with Crippen molar-refractivity contribution in [3.8, 4) is 0 Å². The maximum Gasteiger partial charge on any atom is 0.133 e. The molecule has 1 fully saturated rings. The van der Waals surface area contributed by atoms with E-state index in [-0.39, 0.29) is 11.7 Å². The second-order valence-electron chi connectivity index (χ2n) is 5.90. The zero-order chi connectivity index (χ0) is 13.3. The first-order valence-electron chi connectivity index (χ1n) is 6.29. The topological polar surface area (TPSA) is 37.3 Å². The van der Waals surface area contributed by atoms with Crippen LogP contribution in [0, 0.1) is 11.3 Å². The van der Waals surface area contributed by atoms with Crippen LogP contribution >= 0.6 is 0 Å². The molecule has 1 unspecified atom stereocenters. The number of ketones is 1. The van der Waals surface area contributed by atoms with Crippen molar-refractivity contribution in [2.45, 2.75) is 53.1 Å². The van der Waals surface area contributed by atoms with Gasteiger partial charge in [0.05, 0.1) is 5.60 Å². The van der Waals surface area contributed by atoms with E-state index < -0.39 is 11.0 Å². The first-order valence-corrected chi connectivity index (χ1v) is 6.29. The lowest BCUT2D eigenvalue weighted by Gasteiger charge is -2.48. The largest absolute Gasteiger partial charge is 0.385 e. The number of aliphatic hydroxyl groups is 1. The first kappa shape index (κ1) is 14.2. The monoisotopic (exact) mass is 236 g/mol. The molecule has 0 aromatic carbocycles. The number of carbonyl (C=O) groups is 1. The van der Waals surface area contributed by atoms with E-state index in [1.54, 1.807) is 0 Å². The lowest BCUT2D eigenvalue weighted by Crippen LogP contribution is -2.53. The molecule has 0 aliphatic heterocycles. The second-order valence-corrected chi connectivity index (χ2v) is 5.90. The average Bonchev–Trinajstić information content (AvgIpc) is 2.22. The number of carbonyl (C=O) groups excluding carboxylic acids is 1. The highest BCUT2D eigenvalue weighted by molar-refractivity contribution is 5.81. The van der Waals surface area contributed by atoms with Crippen LogP contribution in [0.2, 0.25) is 0 Å². The van der Waals surface area contributed by atoms with Crippen LogP contribution < -0.4 is 0 Å². The standard InChI is InChI=1S/C15H24O2/c1-6-11(2)7-8-15(17)12(3)9-13(16)10-14(15,4)5/h6-8,12,17H,9-10H2,1-5H3/b8-7+,11-6-/t12?,15-/m1/s1. The molecule has 1 aliphatic carbocycles. The minimum absolute atomic E-state index is 0.0281. The van der Waals surface area contributed by atoms with E-state index in [4.69, 9.17) is 0 Å². The lowest BCUT2D eigenvalue weighted by atomic mass is 9.60. The fourth-order valence-corrected chi connectivity index (χ4v) is 2.62. The molecule has 2 nitrogen and oxygen atoms in total. The maximum atomic E-state index is 11.6. The summed E-state index contributed by atoms with van der Waals surface area (Å²) in [5.74, 6) is 0.225. The van der Waals surface area contributed by atoms with Crippen LogP contribution in [0.25, 0.3) is 0 Å². The van der Waals surface area contributed by atoms with E-state index in [1.807, 2.05) is 52.8 Å². The maximum absolute atomic E-state index is 11.6. The van der Waals surface area contributed by atoms with Gasteiger partial charge >= 0.3 is 0 Å². The number of Topliss-reactive ketones (excluding diaryl/α,β-unsaturated/α-hetero) is 1. The summed E-state index contributed by atoms with van der Waals surface area (Å²) < 4.78 is 0. The second kappa shape index (κ2) is 4.77.